The van der Waals surface area contributed by atoms with Gasteiger partial charge >= 0.3 is 0 Å². The fourth-order valence-electron chi connectivity index (χ4n) is 1.77. The Bertz CT molecular complexity index is 595. The lowest BCUT2D eigenvalue weighted by Gasteiger charge is -2.12. The van der Waals surface area contributed by atoms with Crippen molar-refractivity contribution in [2.75, 3.05) is 26.0 Å². The summed E-state index contributed by atoms with van der Waals surface area (Å²) in [6.07, 6.45) is 0.445. The van der Waals surface area contributed by atoms with Gasteiger partial charge in [0.05, 0.1) is 16.7 Å². The van der Waals surface area contributed by atoms with Crippen LogP contribution in [-0.4, -0.2) is 41.4 Å². The van der Waals surface area contributed by atoms with E-state index in [1.54, 1.807) is 19.0 Å². The van der Waals surface area contributed by atoms with E-state index in [-0.39, 0.29) is 5.91 Å². The van der Waals surface area contributed by atoms with Crippen LogP contribution < -0.4 is 5.32 Å². The molecule has 0 spiro atoms. The SMILES string of the molecule is Cc1nc2ccccc2nc1NCCC(=O)N(C)C. The van der Waals surface area contributed by atoms with Crippen molar-refractivity contribution in [1.29, 1.82) is 0 Å². The molecule has 1 heterocycles. The van der Waals surface area contributed by atoms with Crippen molar-refractivity contribution < 1.29 is 4.79 Å². The first-order valence-electron chi connectivity index (χ1n) is 6.25. The molecule has 0 radical (unpaired) electrons. The summed E-state index contributed by atoms with van der Waals surface area (Å²) >= 11 is 0. The first-order valence-corrected chi connectivity index (χ1v) is 6.25. The number of carbonyl (C=O) groups excluding carboxylic acids is 1. The number of para-hydroxylation sites is 2. The number of aryl methyl sites for hydroxylation is 1. The molecule has 0 atom stereocenters. The molecule has 0 saturated heterocycles. The third-order valence-electron chi connectivity index (χ3n) is 2.87. The molecule has 1 aromatic heterocycles. The average Bonchev–Trinajstić information content (AvgIpc) is 2.39. The Morgan fingerprint density at radius 3 is 2.47 bits per heavy atom. The normalized spacial score (nSPS) is 10.5. The first-order chi connectivity index (χ1) is 9.08. The van der Waals surface area contributed by atoms with E-state index in [9.17, 15) is 4.79 Å². The number of aromatic nitrogens is 2. The number of carbonyl (C=O) groups is 1. The molecule has 5 nitrogen and oxygen atoms in total. The molecule has 2 rings (SSSR count). The molecule has 19 heavy (non-hydrogen) atoms. The molecular formula is C14H18N4O. The van der Waals surface area contributed by atoms with Gasteiger partial charge in [-0.3, -0.25) is 4.79 Å². The Morgan fingerprint density at radius 1 is 1.21 bits per heavy atom. The van der Waals surface area contributed by atoms with Crippen molar-refractivity contribution in [3.8, 4) is 0 Å². The summed E-state index contributed by atoms with van der Waals surface area (Å²) in [5.74, 6) is 0.837. The lowest BCUT2D eigenvalue weighted by atomic mass is 10.3. The molecule has 5 heteroatoms. The predicted molar refractivity (Wildman–Crippen MR) is 76.1 cm³/mol. The number of hydrogen-bond acceptors (Lipinski definition) is 4. The maximum Gasteiger partial charge on any atom is 0.223 e. The van der Waals surface area contributed by atoms with Crippen molar-refractivity contribution in [3.63, 3.8) is 0 Å². The zero-order chi connectivity index (χ0) is 13.8. The number of rotatable bonds is 4. The number of benzene rings is 1. The summed E-state index contributed by atoms with van der Waals surface area (Å²) in [6, 6.07) is 7.75. The minimum atomic E-state index is 0.0962. The number of amides is 1. The second-order valence-electron chi connectivity index (χ2n) is 4.61. The summed E-state index contributed by atoms with van der Waals surface area (Å²) in [7, 11) is 3.51. The number of nitrogens with zero attached hydrogens (tertiary/aromatic N) is 3. The van der Waals surface area contributed by atoms with Crippen LogP contribution in [0.4, 0.5) is 5.82 Å². The topological polar surface area (TPSA) is 58.1 Å². The third kappa shape index (κ3) is 3.19. The van der Waals surface area contributed by atoms with E-state index in [4.69, 9.17) is 0 Å². The molecule has 0 aliphatic heterocycles. The van der Waals surface area contributed by atoms with Crippen molar-refractivity contribution >= 4 is 22.8 Å². The molecule has 0 fully saturated rings. The van der Waals surface area contributed by atoms with Gasteiger partial charge in [0.1, 0.15) is 5.82 Å². The van der Waals surface area contributed by atoms with Crippen molar-refractivity contribution in [2.24, 2.45) is 0 Å². The number of anilines is 1. The van der Waals surface area contributed by atoms with Gasteiger partial charge in [-0.15, -0.1) is 0 Å². The maximum absolute atomic E-state index is 11.5. The molecule has 0 saturated carbocycles. The number of fused-ring (bicyclic) bond motifs is 1. The molecule has 1 N–H and O–H groups in total. The fourth-order valence-corrected chi connectivity index (χ4v) is 1.77. The second kappa shape index (κ2) is 5.65. The molecule has 1 aromatic carbocycles. The van der Waals surface area contributed by atoms with Crippen LogP contribution in [0.2, 0.25) is 0 Å². The first kappa shape index (κ1) is 13.3. The number of nitrogens with one attached hydrogen (secondary N) is 1. The van der Waals surface area contributed by atoms with E-state index in [1.165, 1.54) is 0 Å². The summed E-state index contributed by atoms with van der Waals surface area (Å²) in [6.45, 7) is 2.47. The molecule has 1 amide bonds. The van der Waals surface area contributed by atoms with E-state index < -0.39 is 0 Å². The van der Waals surface area contributed by atoms with Crippen molar-refractivity contribution in [2.45, 2.75) is 13.3 Å². The standard InChI is InChI=1S/C14H18N4O/c1-10-14(15-9-8-13(19)18(2)3)17-12-7-5-4-6-11(12)16-10/h4-7H,8-9H2,1-3H3,(H,15,17). The van der Waals surface area contributed by atoms with Gasteiger partial charge in [-0.2, -0.15) is 0 Å². The van der Waals surface area contributed by atoms with E-state index in [2.05, 4.69) is 15.3 Å². The van der Waals surface area contributed by atoms with Crippen LogP contribution >= 0.6 is 0 Å². The highest BCUT2D eigenvalue weighted by Gasteiger charge is 2.06. The predicted octanol–water partition coefficient (Wildman–Crippen LogP) is 1.83. The van der Waals surface area contributed by atoms with Crippen LogP contribution in [0.25, 0.3) is 11.0 Å². The van der Waals surface area contributed by atoms with Crippen molar-refractivity contribution in [3.05, 3.63) is 30.0 Å². The molecule has 100 valence electrons. The number of hydrogen-bond donors (Lipinski definition) is 1. The van der Waals surface area contributed by atoms with Crippen LogP contribution in [0.3, 0.4) is 0 Å². The van der Waals surface area contributed by atoms with Gasteiger partial charge in [0.25, 0.3) is 0 Å². The van der Waals surface area contributed by atoms with E-state index in [0.717, 1.165) is 22.5 Å². The highest BCUT2D eigenvalue weighted by molar-refractivity contribution is 5.77. The van der Waals surface area contributed by atoms with Gasteiger partial charge in [0.15, 0.2) is 0 Å². The minimum absolute atomic E-state index is 0.0962. The van der Waals surface area contributed by atoms with Crippen LogP contribution in [0.15, 0.2) is 24.3 Å². The van der Waals surface area contributed by atoms with Crippen LogP contribution in [-0.2, 0) is 4.79 Å². The van der Waals surface area contributed by atoms with Gasteiger partial charge in [-0.1, -0.05) is 12.1 Å². The van der Waals surface area contributed by atoms with Crippen molar-refractivity contribution in [1.82, 2.24) is 14.9 Å². The summed E-state index contributed by atoms with van der Waals surface area (Å²) in [5, 5.41) is 3.17. The second-order valence-corrected chi connectivity index (χ2v) is 4.61. The zero-order valence-corrected chi connectivity index (χ0v) is 11.5. The summed E-state index contributed by atoms with van der Waals surface area (Å²) in [5.41, 5.74) is 2.58. The smallest absolute Gasteiger partial charge is 0.223 e. The van der Waals surface area contributed by atoms with E-state index >= 15 is 0 Å². The molecule has 2 aromatic rings. The maximum atomic E-state index is 11.5. The lowest BCUT2D eigenvalue weighted by molar-refractivity contribution is -0.128. The summed E-state index contributed by atoms with van der Waals surface area (Å²) < 4.78 is 0. The average molecular weight is 258 g/mol. The molecule has 0 bridgehead atoms. The quantitative estimate of drug-likeness (QED) is 0.909. The molecule has 0 aliphatic carbocycles. The zero-order valence-electron chi connectivity index (χ0n) is 11.5. The van der Waals surface area contributed by atoms with E-state index in [1.807, 2.05) is 31.2 Å². The highest BCUT2D eigenvalue weighted by Crippen LogP contribution is 2.15. The van der Waals surface area contributed by atoms with Crippen LogP contribution in [0, 0.1) is 6.92 Å². The van der Waals surface area contributed by atoms with Gasteiger partial charge in [0, 0.05) is 27.1 Å². The van der Waals surface area contributed by atoms with Gasteiger partial charge in [0.2, 0.25) is 5.91 Å². The Morgan fingerprint density at radius 2 is 1.84 bits per heavy atom. The molecule has 0 aliphatic rings. The van der Waals surface area contributed by atoms with Crippen LogP contribution in [0.5, 0.6) is 0 Å². The highest BCUT2D eigenvalue weighted by atomic mass is 16.2. The Kier molecular flexibility index (Phi) is 3.94. The van der Waals surface area contributed by atoms with Gasteiger partial charge < -0.3 is 10.2 Å². The monoisotopic (exact) mass is 258 g/mol. The van der Waals surface area contributed by atoms with Gasteiger partial charge in [-0.25, -0.2) is 9.97 Å². The Balaban J connectivity index is 2.08. The Hall–Kier alpha value is -2.17. The van der Waals surface area contributed by atoms with Gasteiger partial charge in [-0.05, 0) is 19.1 Å². The summed E-state index contributed by atoms with van der Waals surface area (Å²) in [4.78, 5) is 22.1. The molecular weight excluding hydrogens is 240 g/mol. The lowest BCUT2D eigenvalue weighted by Crippen LogP contribution is -2.24. The fraction of sp³-hybridized carbons (Fsp3) is 0.357. The molecule has 0 unspecified atom stereocenters. The van der Waals surface area contributed by atoms with E-state index in [0.29, 0.717) is 13.0 Å². The third-order valence-corrected chi connectivity index (χ3v) is 2.87. The van der Waals surface area contributed by atoms with Crippen LogP contribution in [0.1, 0.15) is 12.1 Å². The minimum Gasteiger partial charge on any atom is -0.368 e. The largest absolute Gasteiger partial charge is 0.368 e. The Labute approximate surface area is 112 Å².